The number of aromatic nitrogens is 1. The van der Waals surface area contributed by atoms with Crippen LogP contribution in [0.15, 0.2) is 21.1 Å². The van der Waals surface area contributed by atoms with Gasteiger partial charge in [-0.25, -0.2) is 9.78 Å². The molecule has 4 heterocycles. The van der Waals surface area contributed by atoms with Gasteiger partial charge in [0.05, 0.1) is 6.10 Å². The summed E-state index contributed by atoms with van der Waals surface area (Å²) in [6, 6.07) is -0.942. The molecule has 0 bridgehead atoms. The Balaban J connectivity index is 1.44. The molecule has 32 heavy (non-hydrogen) atoms. The maximum atomic E-state index is 12.8. The fourth-order valence-electron chi connectivity index (χ4n) is 3.65. The van der Waals surface area contributed by atoms with Crippen molar-refractivity contribution in [2.45, 2.75) is 36.8 Å². The molecule has 0 aromatic carbocycles. The van der Waals surface area contributed by atoms with Crippen molar-refractivity contribution in [1.82, 2.24) is 15.2 Å². The van der Waals surface area contributed by atoms with Crippen LogP contribution in [0.2, 0.25) is 0 Å². The minimum atomic E-state index is -1.18. The van der Waals surface area contributed by atoms with Gasteiger partial charge in [0.2, 0.25) is 0 Å². The number of β-lactam (4-membered cyclic amide) rings is 1. The number of hydrogen-bond acceptors (Lipinski definition) is 11. The summed E-state index contributed by atoms with van der Waals surface area (Å²) < 4.78 is 5.71. The number of carboxylic acid groups (broad SMARTS) is 1. The van der Waals surface area contributed by atoms with E-state index in [9.17, 15) is 24.7 Å². The molecule has 0 aliphatic carbocycles. The molecular weight excluding hydrogens is 478 g/mol. The molecule has 172 valence electrons. The Morgan fingerprint density at radius 1 is 1.44 bits per heavy atom. The molecule has 2 fully saturated rings. The smallest absolute Gasteiger partial charge is 0.353 e. The van der Waals surface area contributed by atoms with E-state index in [2.05, 4.69) is 15.5 Å². The summed E-state index contributed by atoms with van der Waals surface area (Å²) in [4.78, 5) is 43.0. The zero-order chi connectivity index (χ0) is 22.8. The van der Waals surface area contributed by atoms with Crippen LogP contribution in [0.3, 0.4) is 0 Å². The van der Waals surface area contributed by atoms with Gasteiger partial charge in [-0.15, -0.1) is 34.9 Å². The second-order valence-electron chi connectivity index (χ2n) is 7.26. The number of carbonyl (C=O) groups is 3. The number of carbonyl (C=O) groups excluding carboxylic acids is 2. The van der Waals surface area contributed by atoms with E-state index in [0.29, 0.717) is 23.0 Å². The highest BCUT2D eigenvalue weighted by molar-refractivity contribution is 8.06. The number of nitrogens with two attached hydrogens (primary N) is 1. The van der Waals surface area contributed by atoms with Gasteiger partial charge < -0.3 is 26.1 Å². The van der Waals surface area contributed by atoms with Gasteiger partial charge >= 0.3 is 5.97 Å². The number of oxime groups is 1. The first-order chi connectivity index (χ1) is 15.4. The van der Waals surface area contributed by atoms with Crippen LogP contribution >= 0.6 is 34.9 Å². The first-order valence-corrected chi connectivity index (χ1v) is 12.7. The van der Waals surface area contributed by atoms with Crippen molar-refractivity contribution in [3.8, 4) is 0 Å². The van der Waals surface area contributed by atoms with Crippen molar-refractivity contribution in [3.63, 3.8) is 0 Å². The van der Waals surface area contributed by atoms with Gasteiger partial charge in [0.15, 0.2) is 10.8 Å². The number of nitrogen functional groups attached to an aromatic ring is 1. The molecule has 2 amide bonds. The van der Waals surface area contributed by atoms with E-state index in [1.807, 2.05) is 0 Å². The Labute approximate surface area is 195 Å². The van der Waals surface area contributed by atoms with Crippen LogP contribution in [0.1, 0.15) is 25.0 Å². The summed E-state index contributed by atoms with van der Waals surface area (Å²) in [7, 11) is 0. The summed E-state index contributed by atoms with van der Waals surface area (Å²) in [6.45, 7) is 0.714. The molecule has 3 atom stereocenters. The van der Waals surface area contributed by atoms with Gasteiger partial charge in [0.25, 0.3) is 11.8 Å². The van der Waals surface area contributed by atoms with Gasteiger partial charge in [-0.1, -0.05) is 5.16 Å². The summed E-state index contributed by atoms with van der Waals surface area (Å²) in [5, 5.41) is 25.6. The predicted octanol–water partition coefficient (Wildman–Crippen LogP) is 0.902. The number of thioether (sulfide) groups is 2. The fourth-order valence-corrected chi connectivity index (χ4v) is 6.90. The highest BCUT2D eigenvalue weighted by Gasteiger charge is 2.54. The van der Waals surface area contributed by atoms with Crippen molar-refractivity contribution >= 4 is 63.5 Å². The minimum absolute atomic E-state index is 0.0478. The third-order valence-electron chi connectivity index (χ3n) is 5.22. The summed E-state index contributed by atoms with van der Waals surface area (Å²) in [6.07, 6.45) is 3.14. The Morgan fingerprint density at radius 3 is 2.88 bits per heavy atom. The number of fused-ring (bicyclic) bond motifs is 1. The van der Waals surface area contributed by atoms with E-state index < -0.39 is 29.2 Å². The number of rotatable bonds is 7. The van der Waals surface area contributed by atoms with E-state index in [-0.39, 0.29) is 28.3 Å². The Bertz CT molecular complexity index is 990. The van der Waals surface area contributed by atoms with E-state index in [1.165, 1.54) is 33.8 Å². The third-order valence-corrected chi connectivity index (χ3v) is 8.58. The number of ether oxygens (including phenoxy) is 1. The molecule has 2 unspecified atom stereocenters. The molecule has 5 N–H and O–H groups in total. The van der Waals surface area contributed by atoms with E-state index >= 15 is 0 Å². The van der Waals surface area contributed by atoms with E-state index in [0.717, 1.165) is 30.6 Å². The molecule has 0 radical (unpaired) electrons. The van der Waals surface area contributed by atoms with Crippen molar-refractivity contribution in [2.24, 2.45) is 5.16 Å². The number of nitrogens with one attached hydrogen (secondary N) is 1. The van der Waals surface area contributed by atoms with Gasteiger partial charge in [0, 0.05) is 28.4 Å². The first kappa shape index (κ1) is 22.9. The molecule has 0 saturated carbocycles. The summed E-state index contributed by atoms with van der Waals surface area (Å²) in [5.41, 5.74) is 5.22. The molecular formula is C18H21N5O6S3. The summed E-state index contributed by atoms with van der Waals surface area (Å²) in [5.74, 6) is -1.48. The minimum Gasteiger partial charge on any atom is -0.477 e. The quantitative estimate of drug-likeness (QED) is 0.183. The van der Waals surface area contributed by atoms with E-state index in [1.54, 1.807) is 0 Å². The average Bonchev–Trinajstić information content (AvgIpc) is 3.22. The zero-order valence-electron chi connectivity index (χ0n) is 16.7. The largest absolute Gasteiger partial charge is 0.477 e. The van der Waals surface area contributed by atoms with Crippen LogP contribution in [0, 0.1) is 0 Å². The number of anilines is 1. The zero-order valence-corrected chi connectivity index (χ0v) is 19.2. The lowest BCUT2D eigenvalue weighted by Gasteiger charge is -2.49. The van der Waals surface area contributed by atoms with Crippen LogP contribution in [0.4, 0.5) is 5.13 Å². The Morgan fingerprint density at radius 2 is 2.25 bits per heavy atom. The van der Waals surface area contributed by atoms with Crippen LogP contribution < -0.4 is 11.1 Å². The number of amides is 2. The van der Waals surface area contributed by atoms with E-state index in [4.69, 9.17) is 10.5 Å². The highest BCUT2D eigenvalue weighted by atomic mass is 32.2. The highest BCUT2D eigenvalue weighted by Crippen LogP contribution is 2.43. The molecule has 11 nitrogen and oxygen atoms in total. The average molecular weight is 500 g/mol. The number of carboxylic acids is 1. The lowest BCUT2D eigenvalue weighted by Crippen LogP contribution is -2.71. The number of hydrogen-bond donors (Lipinski definition) is 4. The molecule has 1 aromatic heterocycles. The topological polar surface area (TPSA) is 167 Å². The normalized spacial score (nSPS) is 25.9. The maximum absolute atomic E-state index is 12.8. The molecule has 3 aliphatic rings. The standard InChI is InChI=1S/C18H21N5O6S3/c19-18-20-9(6-32-18)11(22-28)14(24)21-12-15(25)23-13(17(26)27)10(7-31-16(12)23)30-5-8-3-1-2-4-29-8/h6,8,12,16,28H,1-5,7H2,(H2,19,20)(H,21,24)(H,26,27)/b22-11-/t8?,12?,16-/m0/s1. The van der Waals surface area contributed by atoms with Gasteiger partial charge in [-0.3, -0.25) is 14.5 Å². The Hall–Kier alpha value is -2.29. The van der Waals surface area contributed by atoms with Gasteiger partial charge in [-0.2, -0.15) is 0 Å². The molecule has 2 saturated heterocycles. The second-order valence-corrected chi connectivity index (χ2v) is 10.4. The maximum Gasteiger partial charge on any atom is 0.353 e. The van der Waals surface area contributed by atoms with Crippen LogP contribution in [-0.2, 0) is 19.1 Å². The molecule has 4 rings (SSSR count). The van der Waals surface area contributed by atoms with Crippen LogP contribution in [0.5, 0.6) is 0 Å². The lowest BCUT2D eigenvalue weighted by molar-refractivity contribution is -0.150. The monoisotopic (exact) mass is 499 g/mol. The SMILES string of the molecule is Nc1nc(/C(=N/O)C(=O)NC2C(=O)N3C(C(=O)O)=C(SCC4CCCCO4)CS[C@@H]23)cs1. The van der Waals surface area contributed by atoms with Crippen LogP contribution in [0.25, 0.3) is 0 Å². The Kier molecular flexibility index (Phi) is 6.93. The van der Waals surface area contributed by atoms with Crippen molar-refractivity contribution in [1.29, 1.82) is 0 Å². The number of aliphatic carboxylic acids is 1. The molecule has 3 aliphatic heterocycles. The van der Waals surface area contributed by atoms with Gasteiger partial charge in [-0.05, 0) is 19.3 Å². The fraction of sp³-hybridized carbons (Fsp3) is 0.500. The lowest BCUT2D eigenvalue weighted by atomic mass is 10.0. The van der Waals surface area contributed by atoms with Crippen molar-refractivity contribution < 1.29 is 29.4 Å². The summed E-state index contributed by atoms with van der Waals surface area (Å²) >= 11 is 3.85. The first-order valence-electron chi connectivity index (χ1n) is 9.80. The molecule has 0 spiro atoms. The second kappa shape index (κ2) is 9.68. The molecule has 1 aromatic rings. The molecule has 14 heteroatoms. The number of nitrogens with zero attached hydrogens (tertiary/aromatic N) is 3. The number of thiazole rings is 1. The third kappa shape index (κ3) is 4.44. The van der Waals surface area contributed by atoms with Gasteiger partial charge in [0.1, 0.15) is 22.8 Å². The van der Waals surface area contributed by atoms with Crippen molar-refractivity contribution in [2.75, 3.05) is 23.8 Å². The van der Waals surface area contributed by atoms with Crippen molar-refractivity contribution in [3.05, 3.63) is 21.7 Å². The predicted molar refractivity (Wildman–Crippen MR) is 121 cm³/mol. The van der Waals surface area contributed by atoms with Crippen LogP contribution in [-0.4, -0.2) is 79.3 Å².